The standard InChI is InChI=1S/C57H44N2O/c1-57(2)50-19-11-9-17-45(50)46-31-30-44(36-51(46)57)58(42-26-21-38(22-27-42)37-13-5-3-6-14-37)43-28-23-39(24-29-43)40-25-33-52-49(35-40)55-53(59(52)41-15-7-4-8-16-41)34-32-48-47-18-10-12-20-54(47)60-56(48)55/h3-24,26-32,34-36,46,51H,25,33H2,1-2H3. The Kier molecular flexibility index (Phi) is 7.84. The predicted molar refractivity (Wildman–Crippen MR) is 250 cm³/mol. The van der Waals surface area contributed by atoms with Crippen LogP contribution in [0, 0.1) is 5.92 Å². The van der Waals surface area contributed by atoms with Crippen LogP contribution in [0.15, 0.2) is 198 Å². The normalized spacial score (nSPS) is 17.6. The SMILES string of the molecule is CC1(C)c2ccccc2C2C=CC(N(c3ccc(C4=Cc5c(n(-c6ccccc6)c6ccc7c8ccccc8oc7c56)CC4)cc3)c3ccc(-c4ccccc4)cc3)=CC21. The summed E-state index contributed by atoms with van der Waals surface area (Å²) in [5.74, 6) is 0.736. The van der Waals surface area contributed by atoms with Crippen molar-refractivity contribution in [3.8, 4) is 16.8 Å². The molecule has 3 aliphatic rings. The molecule has 9 aromatic rings. The van der Waals surface area contributed by atoms with E-state index < -0.39 is 0 Å². The summed E-state index contributed by atoms with van der Waals surface area (Å²) >= 11 is 0. The third kappa shape index (κ3) is 5.35. The van der Waals surface area contributed by atoms with Crippen molar-refractivity contribution in [1.29, 1.82) is 0 Å². The Morgan fingerprint density at radius 2 is 1.28 bits per heavy atom. The van der Waals surface area contributed by atoms with Crippen molar-refractivity contribution >= 4 is 55.9 Å². The fourth-order valence-electron chi connectivity index (χ4n) is 10.7. The number of anilines is 2. The van der Waals surface area contributed by atoms with E-state index in [0.29, 0.717) is 11.8 Å². The predicted octanol–water partition coefficient (Wildman–Crippen LogP) is 15.0. The molecule has 0 saturated heterocycles. The molecular formula is C57H44N2O. The summed E-state index contributed by atoms with van der Waals surface area (Å²) in [6.07, 6.45) is 11.7. The van der Waals surface area contributed by atoms with Crippen LogP contribution in [0.1, 0.15) is 54.1 Å². The molecule has 0 aliphatic heterocycles. The molecule has 288 valence electrons. The molecule has 2 unspecified atom stereocenters. The van der Waals surface area contributed by atoms with Gasteiger partial charge in [0.05, 0.1) is 10.9 Å². The highest BCUT2D eigenvalue weighted by Gasteiger charge is 2.45. The van der Waals surface area contributed by atoms with Gasteiger partial charge in [-0.25, -0.2) is 0 Å². The third-order valence-electron chi connectivity index (χ3n) is 13.6. The number of rotatable bonds is 6. The Bertz CT molecular complexity index is 3210. The zero-order valence-electron chi connectivity index (χ0n) is 33.8. The van der Waals surface area contributed by atoms with Crippen LogP contribution in [0.25, 0.3) is 61.3 Å². The Morgan fingerprint density at radius 1 is 0.617 bits per heavy atom. The molecule has 7 aromatic carbocycles. The molecule has 12 rings (SSSR count). The molecule has 2 aromatic heterocycles. The van der Waals surface area contributed by atoms with E-state index in [1.807, 2.05) is 0 Å². The number of furan rings is 1. The molecule has 60 heavy (non-hydrogen) atoms. The lowest BCUT2D eigenvalue weighted by Gasteiger charge is -2.35. The highest BCUT2D eigenvalue weighted by atomic mass is 16.3. The minimum absolute atomic E-state index is 0.0217. The molecule has 3 heteroatoms. The zero-order valence-corrected chi connectivity index (χ0v) is 33.8. The summed E-state index contributed by atoms with van der Waals surface area (Å²) < 4.78 is 9.15. The summed E-state index contributed by atoms with van der Waals surface area (Å²) in [6, 6.07) is 61.7. The maximum absolute atomic E-state index is 6.69. The van der Waals surface area contributed by atoms with E-state index in [2.05, 4.69) is 217 Å². The van der Waals surface area contributed by atoms with E-state index in [4.69, 9.17) is 4.42 Å². The minimum Gasteiger partial charge on any atom is -0.455 e. The van der Waals surface area contributed by atoms with Crippen molar-refractivity contribution in [2.45, 2.75) is 38.0 Å². The van der Waals surface area contributed by atoms with Gasteiger partial charge in [-0.15, -0.1) is 0 Å². The molecule has 0 amide bonds. The first-order valence-corrected chi connectivity index (χ1v) is 21.3. The van der Waals surface area contributed by atoms with Crippen molar-refractivity contribution in [3.05, 3.63) is 222 Å². The van der Waals surface area contributed by atoms with Crippen molar-refractivity contribution < 1.29 is 4.42 Å². The summed E-state index contributed by atoms with van der Waals surface area (Å²) in [4.78, 5) is 2.45. The van der Waals surface area contributed by atoms with Crippen LogP contribution in [0.5, 0.6) is 0 Å². The van der Waals surface area contributed by atoms with Crippen LogP contribution in [0.4, 0.5) is 11.4 Å². The smallest absolute Gasteiger partial charge is 0.145 e. The van der Waals surface area contributed by atoms with Gasteiger partial charge in [0.25, 0.3) is 0 Å². The van der Waals surface area contributed by atoms with Gasteiger partial charge in [0.1, 0.15) is 11.2 Å². The third-order valence-corrected chi connectivity index (χ3v) is 13.6. The van der Waals surface area contributed by atoms with E-state index in [0.717, 1.165) is 46.2 Å². The van der Waals surface area contributed by atoms with Crippen LogP contribution in [-0.4, -0.2) is 4.57 Å². The number of fused-ring (bicyclic) bond motifs is 10. The fraction of sp³-hybridized carbons (Fsp3) is 0.123. The molecule has 0 fully saturated rings. The average molecular weight is 773 g/mol. The summed E-state index contributed by atoms with van der Waals surface area (Å²) in [7, 11) is 0. The molecular weight excluding hydrogens is 729 g/mol. The van der Waals surface area contributed by atoms with Crippen molar-refractivity contribution in [1.82, 2.24) is 4.57 Å². The molecule has 2 atom stereocenters. The lowest BCUT2D eigenvalue weighted by atomic mass is 9.74. The van der Waals surface area contributed by atoms with Gasteiger partial charge in [-0.05, 0) is 124 Å². The van der Waals surface area contributed by atoms with Gasteiger partial charge in [-0.3, -0.25) is 0 Å². The minimum atomic E-state index is 0.0217. The second-order valence-corrected chi connectivity index (χ2v) is 17.2. The van der Waals surface area contributed by atoms with E-state index in [1.165, 1.54) is 66.9 Å². The zero-order chi connectivity index (χ0) is 40.0. The average Bonchev–Trinajstić information content (AvgIpc) is 3.92. The largest absolute Gasteiger partial charge is 0.455 e. The van der Waals surface area contributed by atoms with E-state index >= 15 is 0 Å². The Hall–Kier alpha value is -7.10. The highest BCUT2D eigenvalue weighted by molar-refractivity contribution is 6.18. The molecule has 2 heterocycles. The van der Waals surface area contributed by atoms with Crippen LogP contribution in [0.2, 0.25) is 0 Å². The van der Waals surface area contributed by atoms with E-state index in [9.17, 15) is 0 Å². The lowest BCUT2D eigenvalue weighted by molar-refractivity contribution is 0.392. The molecule has 3 aliphatic carbocycles. The van der Waals surface area contributed by atoms with Crippen LogP contribution < -0.4 is 4.90 Å². The lowest BCUT2D eigenvalue weighted by Crippen LogP contribution is -2.28. The monoisotopic (exact) mass is 772 g/mol. The summed E-state index contributed by atoms with van der Waals surface area (Å²) in [5.41, 5.74) is 18.3. The first-order valence-electron chi connectivity index (χ1n) is 21.3. The van der Waals surface area contributed by atoms with Crippen molar-refractivity contribution in [2.24, 2.45) is 5.92 Å². The quantitative estimate of drug-likeness (QED) is 0.168. The van der Waals surface area contributed by atoms with E-state index in [-0.39, 0.29) is 5.41 Å². The maximum Gasteiger partial charge on any atom is 0.145 e. The Balaban J connectivity index is 0.965. The summed E-state index contributed by atoms with van der Waals surface area (Å²) in [5, 5.41) is 3.51. The van der Waals surface area contributed by atoms with Gasteiger partial charge < -0.3 is 13.9 Å². The molecule has 0 radical (unpaired) electrons. The fourth-order valence-corrected chi connectivity index (χ4v) is 10.7. The van der Waals surface area contributed by atoms with Gasteiger partial charge in [-0.2, -0.15) is 0 Å². The Labute approximate surface area is 350 Å². The molecule has 0 N–H and O–H groups in total. The van der Waals surface area contributed by atoms with E-state index in [1.54, 1.807) is 0 Å². The van der Waals surface area contributed by atoms with Gasteiger partial charge in [0, 0.05) is 50.7 Å². The first-order chi connectivity index (χ1) is 29.5. The van der Waals surface area contributed by atoms with Crippen molar-refractivity contribution in [3.63, 3.8) is 0 Å². The van der Waals surface area contributed by atoms with Crippen molar-refractivity contribution in [2.75, 3.05) is 4.90 Å². The number of para-hydroxylation sites is 2. The van der Waals surface area contributed by atoms with Crippen LogP contribution >= 0.6 is 0 Å². The number of hydrogen-bond donors (Lipinski definition) is 0. The number of benzene rings is 7. The highest BCUT2D eigenvalue weighted by Crippen LogP contribution is 2.54. The number of aromatic nitrogens is 1. The number of hydrogen-bond acceptors (Lipinski definition) is 2. The van der Waals surface area contributed by atoms with Gasteiger partial charge in [0.2, 0.25) is 0 Å². The van der Waals surface area contributed by atoms with Crippen LogP contribution in [-0.2, 0) is 11.8 Å². The van der Waals surface area contributed by atoms with Gasteiger partial charge in [0.15, 0.2) is 0 Å². The second-order valence-electron chi connectivity index (χ2n) is 17.2. The first kappa shape index (κ1) is 34.9. The van der Waals surface area contributed by atoms with Gasteiger partial charge in [-0.1, -0.05) is 141 Å². The molecule has 0 saturated carbocycles. The van der Waals surface area contributed by atoms with Crippen LogP contribution in [0.3, 0.4) is 0 Å². The topological polar surface area (TPSA) is 21.3 Å². The molecule has 3 nitrogen and oxygen atoms in total. The second kappa shape index (κ2) is 13.5. The number of allylic oxidation sites excluding steroid dienone is 4. The molecule has 0 spiro atoms. The number of nitrogens with zero attached hydrogens (tertiary/aromatic N) is 2. The Morgan fingerprint density at radius 3 is 2.07 bits per heavy atom. The summed E-state index contributed by atoms with van der Waals surface area (Å²) in [6.45, 7) is 4.83. The maximum atomic E-state index is 6.69. The molecule has 0 bridgehead atoms. The van der Waals surface area contributed by atoms with Gasteiger partial charge >= 0.3 is 0 Å².